The van der Waals surface area contributed by atoms with Gasteiger partial charge in [0.15, 0.2) is 0 Å². The Morgan fingerprint density at radius 2 is 1.00 bits per heavy atom. The molecular formula is O3PtW. The molecule has 0 spiro atoms. The maximum atomic E-state index is 8.61. The monoisotopic (exact) mass is 427 g/mol. The van der Waals surface area contributed by atoms with Gasteiger partial charge in [0.05, 0.1) is 0 Å². The maximum absolute atomic E-state index is 8.61. The molecule has 0 aromatic heterocycles. The van der Waals surface area contributed by atoms with Crippen molar-refractivity contribution in [1.82, 2.24) is 0 Å². The first kappa shape index (κ1) is 9.24. The maximum Gasteiger partial charge on any atom is 0 e. The molecule has 0 aliphatic carbocycles. The Morgan fingerprint density at radius 3 is 1.00 bits per heavy atom. The zero-order valence-electron chi connectivity index (χ0n) is 1.95. The van der Waals surface area contributed by atoms with Crippen molar-refractivity contribution in [3.05, 3.63) is 0 Å². The van der Waals surface area contributed by atoms with E-state index >= 15 is 0 Å². The summed E-state index contributed by atoms with van der Waals surface area (Å²) in [4.78, 5) is 0. The van der Waals surface area contributed by atoms with Gasteiger partial charge in [-0.25, -0.2) is 0 Å². The third kappa shape index (κ3) is 61.1. The van der Waals surface area contributed by atoms with E-state index in [2.05, 4.69) is 0 Å². The van der Waals surface area contributed by atoms with Crippen molar-refractivity contribution in [3.63, 3.8) is 0 Å². The molecule has 5 heavy (non-hydrogen) atoms. The van der Waals surface area contributed by atoms with Gasteiger partial charge in [-0.3, -0.25) is 0 Å². The van der Waals surface area contributed by atoms with Gasteiger partial charge >= 0.3 is 27.4 Å². The fraction of sp³-hybridized carbons (Fsp3) is 0. The molecule has 0 N–H and O–H groups in total. The van der Waals surface area contributed by atoms with E-state index in [4.69, 9.17) is 10.2 Å². The Labute approximate surface area is 48.5 Å². The van der Waals surface area contributed by atoms with Crippen LogP contribution in [0.4, 0.5) is 0 Å². The molecular weight excluding hydrogens is 427 g/mol. The van der Waals surface area contributed by atoms with Crippen LogP contribution in [0.2, 0.25) is 0 Å². The second kappa shape index (κ2) is 4.78. The molecule has 0 aliphatic heterocycles. The minimum Gasteiger partial charge on any atom is 0 e. The smallest absolute Gasteiger partial charge is 0 e. The van der Waals surface area contributed by atoms with Crippen LogP contribution in [0.1, 0.15) is 0 Å². The fourth-order valence-corrected chi connectivity index (χ4v) is 0. The van der Waals surface area contributed by atoms with E-state index in [0.717, 1.165) is 0 Å². The molecule has 3 nitrogen and oxygen atoms in total. The van der Waals surface area contributed by atoms with E-state index in [0.29, 0.717) is 0 Å². The van der Waals surface area contributed by atoms with Gasteiger partial charge in [0.1, 0.15) is 0 Å². The summed E-state index contributed by atoms with van der Waals surface area (Å²) in [6, 6.07) is 0. The Kier molecular flexibility index (Phi) is 8.83. The predicted octanol–water partition coefficient (Wildman–Crippen LogP) is -0.361. The van der Waals surface area contributed by atoms with Crippen molar-refractivity contribution < 1.29 is 48.5 Å². The Morgan fingerprint density at radius 1 is 1.00 bits per heavy atom. The molecule has 0 saturated heterocycles. The molecule has 0 aliphatic rings. The normalized spacial score (nSPS) is 4.80. The van der Waals surface area contributed by atoms with Crippen molar-refractivity contribution in [2.24, 2.45) is 0 Å². The van der Waals surface area contributed by atoms with Crippen LogP contribution < -0.4 is 0 Å². The summed E-state index contributed by atoms with van der Waals surface area (Å²) in [6.07, 6.45) is 0. The summed E-state index contributed by atoms with van der Waals surface area (Å²) < 4.78 is 25.8. The molecule has 34 valence electrons. The first-order chi connectivity index (χ1) is 1.73. The average Bonchev–Trinajstić information content (AvgIpc) is 0.811. The van der Waals surface area contributed by atoms with Gasteiger partial charge in [-0.2, -0.15) is 0 Å². The molecule has 0 unspecified atom stereocenters. The average molecular weight is 427 g/mol. The number of rotatable bonds is 0. The van der Waals surface area contributed by atoms with Gasteiger partial charge < -0.3 is 0 Å². The summed E-state index contributed by atoms with van der Waals surface area (Å²) in [7, 11) is 0. The van der Waals surface area contributed by atoms with Crippen molar-refractivity contribution in [2.75, 3.05) is 0 Å². The van der Waals surface area contributed by atoms with Crippen LogP contribution in [0.15, 0.2) is 0 Å². The Hall–Kier alpha value is 0.777. The molecule has 0 fully saturated rings. The third-order valence-electron chi connectivity index (χ3n) is 0. The predicted molar refractivity (Wildman–Crippen MR) is 2.06 cm³/mol. The summed E-state index contributed by atoms with van der Waals surface area (Å²) in [5, 5.41) is 0. The van der Waals surface area contributed by atoms with Crippen molar-refractivity contribution in [1.29, 1.82) is 0 Å². The van der Waals surface area contributed by atoms with Gasteiger partial charge in [0.2, 0.25) is 0 Å². The van der Waals surface area contributed by atoms with Gasteiger partial charge in [0, 0.05) is 21.1 Å². The first-order valence-corrected chi connectivity index (χ1v) is 4.09. The summed E-state index contributed by atoms with van der Waals surface area (Å²) in [6.45, 7) is 0. The second-order valence-electron chi connectivity index (χ2n) is 0.204. The molecule has 0 heterocycles. The summed E-state index contributed by atoms with van der Waals surface area (Å²) >= 11 is -4.28. The largest absolute Gasteiger partial charge is 0 e. The molecule has 0 rings (SSSR count). The molecule has 0 bridgehead atoms. The molecule has 0 saturated carbocycles. The quantitative estimate of drug-likeness (QED) is 0.531. The van der Waals surface area contributed by atoms with Crippen LogP contribution in [0, 0.1) is 0 Å². The van der Waals surface area contributed by atoms with Crippen LogP contribution >= 0.6 is 0 Å². The molecule has 0 aromatic rings. The van der Waals surface area contributed by atoms with E-state index in [-0.39, 0.29) is 21.1 Å². The second-order valence-corrected chi connectivity index (χ2v) is 1.67. The molecule has 0 amide bonds. The minimum absolute atomic E-state index is 0. The van der Waals surface area contributed by atoms with Crippen molar-refractivity contribution in [2.45, 2.75) is 0 Å². The van der Waals surface area contributed by atoms with Crippen molar-refractivity contribution >= 4 is 0 Å². The standard InChI is InChI=1S/3O.Pt.W. The van der Waals surface area contributed by atoms with E-state index in [9.17, 15) is 0 Å². The van der Waals surface area contributed by atoms with Gasteiger partial charge in [0.25, 0.3) is 0 Å². The fourth-order valence-electron chi connectivity index (χ4n) is 0. The Bertz CT molecular complexity index is 76.3. The van der Waals surface area contributed by atoms with Crippen LogP contribution in [0.25, 0.3) is 0 Å². The summed E-state index contributed by atoms with van der Waals surface area (Å²) in [5.41, 5.74) is 0. The van der Waals surface area contributed by atoms with Crippen LogP contribution in [-0.2, 0) is 48.5 Å². The third-order valence-corrected chi connectivity index (χ3v) is 0. The van der Waals surface area contributed by atoms with Crippen LogP contribution in [0.3, 0.4) is 0 Å². The zero-order valence-corrected chi connectivity index (χ0v) is 7.15. The first-order valence-electron chi connectivity index (χ1n) is 0.500. The zero-order chi connectivity index (χ0) is 3.58. The topological polar surface area (TPSA) is 51.2 Å². The molecule has 5 heteroatoms. The van der Waals surface area contributed by atoms with E-state index in [1.165, 1.54) is 0 Å². The Balaban J connectivity index is 0. The summed E-state index contributed by atoms with van der Waals surface area (Å²) in [5.74, 6) is 0. The number of hydrogen-bond donors (Lipinski definition) is 0. The van der Waals surface area contributed by atoms with Crippen LogP contribution in [0.5, 0.6) is 0 Å². The minimum atomic E-state index is -4.28. The van der Waals surface area contributed by atoms with Gasteiger partial charge in [-0.15, -0.1) is 0 Å². The molecule has 0 radical (unpaired) electrons. The van der Waals surface area contributed by atoms with E-state index in [1.807, 2.05) is 0 Å². The molecule has 0 atom stereocenters. The van der Waals surface area contributed by atoms with Crippen molar-refractivity contribution in [3.8, 4) is 0 Å². The van der Waals surface area contributed by atoms with Gasteiger partial charge in [-0.05, 0) is 0 Å². The molecule has 0 aromatic carbocycles. The SMILES string of the molecule is [O]=[W](=[O])=[O].[Pt]. The van der Waals surface area contributed by atoms with Gasteiger partial charge in [-0.1, -0.05) is 0 Å². The van der Waals surface area contributed by atoms with E-state index < -0.39 is 17.2 Å². The van der Waals surface area contributed by atoms with E-state index in [1.54, 1.807) is 0 Å². The number of hydrogen-bond acceptors (Lipinski definition) is 3. The van der Waals surface area contributed by atoms with Crippen LogP contribution in [-0.4, -0.2) is 0 Å².